The van der Waals surface area contributed by atoms with Crippen molar-refractivity contribution in [1.29, 1.82) is 0 Å². The van der Waals surface area contributed by atoms with Crippen molar-refractivity contribution in [3.8, 4) is 56.2 Å². The Balaban J connectivity index is 1.15. The second kappa shape index (κ2) is 10.7. The number of aromatic nitrogens is 2. The van der Waals surface area contributed by atoms with Gasteiger partial charge in [-0.3, -0.25) is 0 Å². The topological polar surface area (TPSA) is 25.8 Å². The van der Waals surface area contributed by atoms with E-state index in [1.54, 1.807) is 0 Å². The highest BCUT2D eigenvalue weighted by atomic mass is 14.9. The Morgan fingerprint density at radius 2 is 1.09 bits per heavy atom. The molecule has 7 aromatic rings. The summed E-state index contributed by atoms with van der Waals surface area (Å²) in [6.07, 6.45) is 1.02. The Kier molecular flexibility index (Phi) is 6.33. The van der Waals surface area contributed by atoms with Crippen molar-refractivity contribution < 1.29 is 0 Å². The maximum Gasteiger partial charge on any atom is 0.160 e. The molecule has 2 heteroatoms. The van der Waals surface area contributed by atoms with Crippen molar-refractivity contribution in [2.45, 2.75) is 31.6 Å². The molecule has 6 aromatic carbocycles. The van der Waals surface area contributed by atoms with Gasteiger partial charge in [0.1, 0.15) is 0 Å². The lowest BCUT2D eigenvalue weighted by atomic mass is 9.61. The molecule has 0 saturated heterocycles. The molecule has 1 heterocycles. The average Bonchev–Trinajstić information content (AvgIpc) is 3.14. The number of rotatable bonds is 4. The van der Waals surface area contributed by atoms with Gasteiger partial charge in [0.05, 0.1) is 11.4 Å². The van der Waals surface area contributed by atoms with Gasteiger partial charge < -0.3 is 0 Å². The Hall–Kier alpha value is -5.60. The molecule has 1 aromatic heterocycles. The standard InChI is InChI=1S/C45H34N2/c1-45(2)39-21-10-9-19-35(39)38-27-33-24-23-32(26-37(33)36-20-12-22-40(45)43(36)38)31-17-11-18-34(25-31)44-46-41(29-13-5-3-6-14-29)28-42(47-44)30-15-7-4-8-16-30/h3-26,28,38H,27H2,1-2H3. The molecule has 2 aliphatic rings. The minimum atomic E-state index is -0.0330. The summed E-state index contributed by atoms with van der Waals surface area (Å²) in [6.45, 7) is 4.76. The first kappa shape index (κ1) is 27.7. The van der Waals surface area contributed by atoms with Crippen molar-refractivity contribution in [3.05, 3.63) is 179 Å². The zero-order valence-electron chi connectivity index (χ0n) is 26.6. The molecule has 9 rings (SSSR count). The summed E-state index contributed by atoms with van der Waals surface area (Å²) in [7, 11) is 0. The molecule has 0 bridgehead atoms. The second-order valence-electron chi connectivity index (χ2n) is 13.4. The lowest BCUT2D eigenvalue weighted by Crippen LogP contribution is -2.31. The van der Waals surface area contributed by atoms with E-state index in [0.29, 0.717) is 5.92 Å². The maximum absolute atomic E-state index is 5.09. The summed E-state index contributed by atoms with van der Waals surface area (Å²) in [5.41, 5.74) is 17.4. The molecule has 0 spiro atoms. The smallest absolute Gasteiger partial charge is 0.160 e. The Labute approximate surface area is 276 Å². The molecular weight excluding hydrogens is 569 g/mol. The van der Waals surface area contributed by atoms with E-state index in [1.807, 2.05) is 12.1 Å². The number of hydrogen-bond acceptors (Lipinski definition) is 2. The molecule has 0 aliphatic heterocycles. The first-order chi connectivity index (χ1) is 23.0. The Morgan fingerprint density at radius 3 is 1.83 bits per heavy atom. The van der Waals surface area contributed by atoms with Crippen LogP contribution in [-0.2, 0) is 11.8 Å². The SMILES string of the molecule is CC1(C)c2ccccc2C2Cc3ccc(-c4cccc(-c5nc(-c6ccccc6)cc(-c6ccccc6)n5)c4)cc3-c3cccc1c32. The predicted octanol–water partition coefficient (Wildman–Crippen LogP) is 11.1. The van der Waals surface area contributed by atoms with Crippen molar-refractivity contribution in [3.63, 3.8) is 0 Å². The van der Waals surface area contributed by atoms with Crippen molar-refractivity contribution in [2.75, 3.05) is 0 Å². The van der Waals surface area contributed by atoms with E-state index in [-0.39, 0.29) is 5.41 Å². The van der Waals surface area contributed by atoms with E-state index < -0.39 is 0 Å². The fourth-order valence-corrected chi connectivity index (χ4v) is 7.94. The van der Waals surface area contributed by atoms with E-state index in [4.69, 9.17) is 9.97 Å². The van der Waals surface area contributed by atoms with E-state index in [1.165, 1.54) is 44.5 Å². The molecular formula is C45H34N2. The Bertz CT molecular complexity index is 2240. The number of fused-ring (bicyclic) bond motifs is 4. The summed E-state index contributed by atoms with van der Waals surface area (Å²) in [5.74, 6) is 1.12. The molecule has 0 saturated carbocycles. The number of hydrogen-bond donors (Lipinski definition) is 0. The van der Waals surface area contributed by atoms with Gasteiger partial charge in [-0.25, -0.2) is 9.97 Å². The normalized spacial score (nSPS) is 15.3. The molecule has 2 aliphatic carbocycles. The first-order valence-electron chi connectivity index (χ1n) is 16.5. The summed E-state index contributed by atoms with van der Waals surface area (Å²) < 4.78 is 0. The molecule has 0 fully saturated rings. The third kappa shape index (κ3) is 4.55. The van der Waals surface area contributed by atoms with Gasteiger partial charge in [-0.15, -0.1) is 0 Å². The fraction of sp³-hybridized carbons (Fsp3) is 0.111. The van der Waals surface area contributed by atoms with Crippen LogP contribution in [0.3, 0.4) is 0 Å². The highest BCUT2D eigenvalue weighted by Crippen LogP contribution is 2.54. The molecule has 0 N–H and O–H groups in total. The van der Waals surface area contributed by atoms with Crippen molar-refractivity contribution in [1.82, 2.24) is 9.97 Å². The van der Waals surface area contributed by atoms with Gasteiger partial charge in [-0.05, 0) is 74.7 Å². The van der Waals surface area contributed by atoms with Gasteiger partial charge >= 0.3 is 0 Å². The van der Waals surface area contributed by atoms with Gasteiger partial charge in [0.2, 0.25) is 0 Å². The van der Waals surface area contributed by atoms with Crippen LogP contribution >= 0.6 is 0 Å². The minimum absolute atomic E-state index is 0.0330. The zero-order chi connectivity index (χ0) is 31.5. The minimum Gasteiger partial charge on any atom is -0.228 e. The summed E-state index contributed by atoms with van der Waals surface area (Å²) in [4.78, 5) is 10.2. The highest BCUT2D eigenvalue weighted by molar-refractivity contribution is 5.83. The first-order valence-corrected chi connectivity index (χ1v) is 16.5. The molecule has 0 amide bonds. The van der Waals surface area contributed by atoms with Gasteiger partial charge in [-0.2, -0.15) is 0 Å². The van der Waals surface area contributed by atoms with E-state index >= 15 is 0 Å². The van der Waals surface area contributed by atoms with Crippen LogP contribution in [0.5, 0.6) is 0 Å². The van der Waals surface area contributed by atoms with E-state index in [9.17, 15) is 0 Å². The maximum atomic E-state index is 5.09. The summed E-state index contributed by atoms with van der Waals surface area (Å²) in [5, 5.41) is 0. The summed E-state index contributed by atoms with van der Waals surface area (Å²) in [6, 6.07) is 54.6. The molecule has 47 heavy (non-hydrogen) atoms. The number of benzene rings is 6. The van der Waals surface area contributed by atoms with Gasteiger partial charge in [0, 0.05) is 28.0 Å². The molecule has 2 nitrogen and oxygen atoms in total. The zero-order valence-corrected chi connectivity index (χ0v) is 26.6. The van der Waals surface area contributed by atoms with Crippen LogP contribution in [0, 0.1) is 0 Å². The van der Waals surface area contributed by atoms with E-state index in [2.05, 4.69) is 153 Å². The summed E-state index contributed by atoms with van der Waals surface area (Å²) >= 11 is 0. The average molecular weight is 603 g/mol. The quantitative estimate of drug-likeness (QED) is 0.200. The van der Waals surface area contributed by atoms with Gasteiger partial charge in [-0.1, -0.05) is 147 Å². The largest absolute Gasteiger partial charge is 0.228 e. The monoisotopic (exact) mass is 602 g/mol. The van der Waals surface area contributed by atoms with Crippen LogP contribution in [0.1, 0.15) is 47.6 Å². The van der Waals surface area contributed by atoms with Crippen molar-refractivity contribution >= 4 is 0 Å². The second-order valence-corrected chi connectivity index (χ2v) is 13.4. The lowest BCUT2D eigenvalue weighted by Gasteiger charge is -2.43. The van der Waals surface area contributed by atoms with E-state index in [0.717, 1.165) is 45.9 Å². The van der Waals surface area contributed by atoms with Crippen LogP contribution < -0.4 is 0 Å². The van der Waals surface area contributed by atoms with Crippen molar-refractivity contribution in [2.24, 2.45) is 0 Å². The van der Waals surface area contributed by atoms with Crippen LogP contribution in [0.4, 0.5) is 0 Å². The molecule has 0 radical (unpaired) electrons. The Morgan fingerprint density at radius 1 is 0.489 bits per heavy atom. The molecule has 1 atom stereocenters. The molecule has 224 valence electrons. The van der Waals surface area contributed by atoms with Crippen LogP contribution in [0.25, 0.3) is 56.2 Å². The predicted molar refractivity (Wildman–Crippen MR) is 193 cm³/mol. The third-order valence-corrected chi connectivity index (χ3v) is 10.3. The van der Waals surface area contributed by atoms with Gasteiger partial charge in [0.15, 0.2) is 5.82 Å². The third-order valence-electron chi connectivity index (χ3n) is 10.3. The highest BCUT2D eigenvalue weighted by Gasteiger charge is 2.40. The number of nitrogens with zero attached hydrogens (tertiary/aromatic N) is 2. The molecule has 1 unspecified atom stereocenters. The van der Waals surface area contributed by atoms with Crippen LogP contribution in [0.15, 0.2) is 152 Å². The lowest BCUT2D eigenvalue weighted by molar-refractivity contribution is 0.577. The van der Waals surface area contributed by atoms with Crippen LogP contribution in [-0.4, -0.2) is 9.97 Å². The van der Waals surface area contributed by atoms with Gasteiger partial charge in [0.25, 0.3) is 0 Å². The van der Waals surface area contributed by atoms with Crippen LogP contribution in [0.2, 0.25) is 0 Å². The fourth-order valence-electron chi connectivity index (χ4n) is 7.94.